The van der Waals surface area contributed by atoms with E-state index < -0.39 is 29.2 Å². The van der Waals surface area contributed by atoms with Crippen LogP contribution in [0.4, 0.5) is 10.5 Å². The molecule has 0 spiro atoms. The molecule has 0 N–H and O–H groups in total. The molecular weight excluding hydrogens is 512 g/mol. The molecule has 0 atom stereocenters. The van der Waals surface area contributed by atoms with Crippen LogP contribution in [0, 0.1) is 11.3 Å². The Labute approximate surface area is 233 Å². The Morgan fingerprint density at radius 3 is 2.23 bits per heavy atom. The number of carbonyl (C=O) groups is 3. The van der Waals surface area contributed by atoms with Gasteiger partial charge in [0.1, 0.15) is 11.2 Å². The van der Waals surface area contributed by atoms with Gasteiger partial charge in [-0.1, -0.05) is 24.8 Å². The normalized spacial score (nSPS) is 11.3. The summed E-state index contributed by atoms with van der Waals surface area (Å²) in [6, 6.07) is 11.9. The number of esters is 2. The van der Waals surface area contributed by atoms with Crippen molar-refractivity contribution in [1.29, 1.82) is 5.26 Å². The number of nitriles is 1. The van der Waals surface area contributed by atoms with Gasteiger partial charge in [-0.15, -0.1) is 0 Å². The Morgan fingerprint density at radius 1 is 0.975 bits per heavy atom. The monoisotopic (exact) mass is 544 g/mol. The van der Waals surface area contributed by atoms with Crippen molar-refractivity contribution in [3.05, 3.63) is 66.0 Å². The largest absolute Gasteiger partial charge is 0.465 e. The topological polar surface area (TPSA) is 132 Å². The van der Waals surface area contributed by atoms with Gasteiger partial charge < -0.3 is 14.2 Å². The first-order valence-electron chi connectivity index (χ1n) is 12.4. The van der Waals surface area contributed by atoms with Gasteiger partial charge in [0.2, 0.25) is 0 Å². The predicted octanol–water partition coefficient (Wildman–Crippen LogP) is 5.86. The molecule has 1 aromatic heterocycles. The van der Waals surface area contributed by atoms with Gasteiger partial charge in [-0.05, 0) is 65.1 Å². The Bertz CT molecular complexity index is 1530. The van der Waals surface area contributed by atoms with Gasteiger partial charge in [-0.3, -0.25) is 4.90 Å². The molecule has 10 heteroatoms. The number of fused-ring (bicyclic) bond motifs is 1. The van der Waals surface area contributed by atoms with E-state index in [0.717, 1.165) is 0 Å². The minimum atomic E-state index is -0.861. The number of hydrogen-bond donors (Lipinski definition) is 0. The van der Waals surface area contributed by atoms with Crippen LogP contribution in [0.15, 0.2) is 54.7 Å². The van der Waals surface area contributed by atoms with Crippen LogP contribution in [0.1, 0.15) is 62.4 Å². The van der Waals surface area contributed by atoms with Crippen molar-refractivity contribution in [1.82, 2.24) is 9.97 Å². The number of hydrogen-bond acceptors (Lipinski definition) is 9. The lowest BCUT2D eigenvalue weighted by molar-refractivity contribution is 0.00622. The fraction of sp³-hybridized carbons (Fsp3) is 0.333. The van der Waals surface area contributed by atoms with E-state index in [1.165, 1.54) is 30.3 Å². The molecule has 3 aromatic rings. The highest BCUT2D eigenvalue weighted by Crippen LogP contribution is 2.35. The smallest absolute Gasteiger partial charge is 0.415 e. The van der Waals surface area contributed by atoms with Gasteiger partial charge in [0.15, 0.2) is 11.5 Å². The molecule has 208 valence electrons. The highest BCUT2D eigenvalue weighted by molar-refractivity contribution is 6.12. The standard InChI is InChI=1S/C30H32N4O6/c1-18(16-31)17-34(28(37)40-30(5,6)7)24-21(26(35)38-8)12-11-19-9-10-20(15-22(19)24)25-32-14-13-23(33-25)27(36)39-29(2,3)4/h9-15H,1,17H2,2-8H3. The molecule has 0 saturated heterocycles. The first-order chi connectivity index (χ1) is 18.6. The molecule has 0 aliphatic rings. The van der Waals surface area contributed by atoms with Crippen molar-refractivity contribution >= 4 is 34.5 Å². The summed E-state index contributed by atoms with van der Waals surface area (Å²) in [6.07, 6.45) is 0.664. The number of anilines is 1. The third-order valence-electron chi connectivity index (χ3n) is 5.31. The lowest BCUT2D eigenvalue weighted by Crippen LogP contribution is -2.39. The van der Waals surface area contributed by atoms with E-state index in [1.807, 2.05) is 6.07 Å². The van der Waals surface area contributed by atoms with E-state index in [2.05, 4.69) is 16.5 Å². The Hall–Kier alpha value is -4.78. The lowest BCUT2D eigenvalue weighted by atomic mass is 9.99. The van der Waals surface area contributed by atoms with Crippen LogP contribution in [0.25, 0.3) is 22.2 Å². The Balaban J connectivity index is 2.27. The minimum absolute atomic E-state index is 0.0724. The number of benzene rings is 2. The van der Waals surface area contributed by atoms with E-state index in [1.54, 1.807) is 65.8 Å². The van der Waals surface area contributed by atoms with Crippen LogP contribution >= 0.6 is 0 Å². The summed E-state index contributed by atoms with van der Waals surface area (Å²) in [5.74, 6) is -1.07. The molecule has 40 heavy (non-hydrogen) atoms. The van der Waals surface area contributed by atoms with Gasteiger partial charge >= 0.3 is 18.0 Å². The molecule has 0 radical (unpaired) electrons. The minimum Gasteiger partial charge on any atom is -0.465 e. The summed E-state index contributed by atoms with van der Waals surface area (Å²) in [6.45, 7) is 13.9. The summed E-state index contributed by atoms with van der Waals surface area (Å²) in [4.78, 5) is 48.8. The molecule has 0 aliphatic carbocycles. The number of ether oxygens (including phenoxy) is 3. The van der Waals surface area contributed by atoms with Crippen LogP contribution in [0.3, 0.4) is 0 Å². The fourth-order valence-corrected chi connectivity index (χ4v) is 3.73. The van der Waals surface area contributed by atoms with Crippen molar-refractivity contribution in [3.63, 3.8) is 0 Å². The number of methoxy groups -OCH3 is 1. The third kappa shape index (κ3) is 7.20. The molecule has 1 heterocycles. The van der Waals surface area contributed by atoms with Crippen molar-refractivity contribution in [2.24, 2.45) is 0 Å². The first kappa shape index (κ1) is 29.8. The maximum absolute atomic E-state index is 13.4. The Kier molecular flexibility index (Phi) is 8.58. The molecule has 0 aliphatic heterocycles. The zero-order valence-electron chi connectivity index (χ0n) is 23.7. The molecule has 0 bridgehead atoms. The zero-order valence-corrected chi connectivity index (χ0v) is 23.7. The average molecular weight is 545 g/mol. The van der Waals surface area contributed by atoms with Gasteiger partial charge in [-0.25, -0.2) is 24.4 Å². The number of nitrogens with zero attached hydrogens (tertiary/aromatic N) is 4. The lowest BCUT2D eigenvalue weighted by Gasteiger charge is -2.29. The maximum Gasteiger partial charge on any atom is 0.415 e. The SMILES string of the molecule is C=C(C#N)CN(C(=O)OC(C)(C)C)c1c(C(=O)OC)ccc2ccc(-c3nccc(C(=O)OC(C)(C)C)n3)cc12. The van der Waals surface area contributed by atoms with Gasteiger partial charge in [0.05, 0.1) is 31.0 Å². The van der Waals surface area contributed by atoms with Crippen molar-refractivity contribution in [3.8, 4) is 17.5 Å². The van der Waals surface area contributed by atoms with Crippen LogP contribution in [0.2, 0.25) is 0 Å². The summed E-state index contributed by atoms with van der Waals surface area (Å²) in [5.41, 5.74) is -0.673. The summed E-state index contributed by atoms with van der Waals surface area (Å²) < 4.78 is 16.1. The molecule has 0 unspecified atom stereocenters. The molecular formula is C30H32N4O6. The molecule has 1 amide bonds. The second-order valence-electron chi connectivity index (χ2n) is 10.9. The highest BCUT2D eigenvalue weighted by atomic mass is 16.6. The number of carbonyl (C=O) groups excluding carboxylic acids is 3. The van der Waals surface area contributed by atoms with E-state index >= 15 is 0 Å². The molecule has 10 nitrogen and oxygen atoms in total. The van der Waals surface area contributed by atoms with E-state index in [9.17, 15) is 19.6 Å². The quantitative estimate of drug-likeness (QED) is 0.213. The van der Waals surface area contributed by atoms with Gasteiger partial charge in [0.25, 0.3) is 0 Å². The number of rotatable bonds is 6. The van der Waals surface area contributed by atoms with Crippen LogP contribution in [-0.4, -0.2) is 52.9 Å². The van der Waals surface area contributed by atoms with E-state index in [4.69, 9.17) is 14.2 Å². The highest BCUT2D eigenvalue weighted by Gasteiger charge is 2.30. The van der Waals surface area contributed by atoms with Gasteiger partial charge in [-0.2, -0.15) is 5.26 Å². The fourth-order valence-electron chi connectivity index (χ4n) is 3.73. The zero-order chi connectivity index (χ0) is 29.8. The van der Waals surface area contributed by atoms with Crippen molar-refractivity contribution in [2.75, 3.05) is 18.6 Å². The molecule has 0 fully saturated rings. The van der Waals surface area contributed by atoms with Gasteiger partial charge in [0, 0.05) is 22.7 Å². The van der Waals surface area contributed by atoms with Crippen LogP contribution in [0.5, 0.6) is 0 Å². The number of aromatic nitrogens is 2. The van der Waals surface area contributed by atoms with E-state index in [0.29, 0.717) is 16.3 Å². The van der Waals surface area contributed by atoms with E-state index in [-0.39, 0.29) is 34.9 Å². The number of amides is 1. The maximum atomic E-state index is 13.4. The van der Waals surface area contributed by atoms with Crippen molar-refractivity contribution in [2.45, 2.75) is 52.7 Å². The second kappa shape index (κ2) is 11.5. The summed E-state index contributed by atoms with van der Waals surface area (Å²) in [5, 5.41) is 10.6. The summed E-state index contributed by atoms with van der Waals surface area (Å²) in [7, 11) is 1.23. The molecule has 3 rings (SSSR count). The first-order valence-corrected chi connectivity index (χ1v) is 12.4. The molecule has 0 saturated carbocycles. The average Bonchev–Trinajstić information content (AvgIpc) is 2.88. The molecule has 2 aromatic carbocycles. The third-order valence-corrected chi connectivity index (χ3v) is 5.31. The Morgan fingerprint density at radius 2 is 1.62 bits per heavy atom. The van der Waals surface area contributed by atoms with Crippen LogP contribution < -0.4 is 4.90 Å². The summed E-state index contributed by atoms with van der Waals surface area (Å²) >= 11 is 0. The van der Waals surface area contributed by atoms with Crippen molar-refractivity contribution < 1.29 is 28.6 Å². The predicted molar refractivity (Wildman–Crippen MR) is 150 cm³/mol. The van der Waals surface area contributed by atoms with Crippen LogP contribution in [-0.2, 0) is 14.2 Å². The second-order valence-corrected chi connectivity index (χ2v) is 10.9.